The number of carbonyl (C=O) groups is 1. The summed E-state index contributed by atoms with van der Waals surface area (Å²) in [4.78, 5) is 13.5. The van der Waals surface area contributed by atoms with E-state index in [2.05, 4.69) is 15.9 Å². The fraction of sp³-hybridized carbons (Fsp3) is 0.364. The van der Waals surface area contributed by atoms with Gasteiger partial charge in [0.2, 0.25) is 0 Å². The highest BCUT2D eigenvalue weighted by Gasteiger charge is 2.16. The van der Waals surface area contributed by atoms with Crippen LogP contribution in [-0.4, -0.2) is 36.4 Å². The Morgan fingerprint density at radius 2 is 2.25 bits per heavy atom. The smallest absolute Gasteiger partial charge is 0.254 e. The number of thioether (sulfide) groups is 1. The van der Waals surface area contributed by atoms with Crippen molar-refractivity contribution in [3.63, 3.8) is 0 Å². The van der Waals surface area contributed by atoms with Gasteiger partial charge in [0.15, 0.2) is 0 Å². The number of carbonyl (C=O) groups excluding carboxylic acids is 1. The highest BCUT2D eigenvalue weighted by Crippen LogP contribution is 2.21. The van der Waals surface area contributed by atoms with Gasteiger partial charge in [-0.15, -0.1) is 0 Å². The molecule has 0 atom stereocenters. The Morgan fingerprint density at radius 3 is 2.88 bits per heavy atom. The van der Waals surface area contributed by atoms with E-state index >= 15 is 0 Å². The topological polar surface area (TPSA) is 20.3 Å². The lowest BCUT2D eigenvalue weighted by atomic mass is 10.2. The third kappa shape index (κ3) is 3.22. The Labute approximate surface area is 107 Å². The van der Waals surface area contributed by atoms with Crippen LogP contribution in [-0.2, 0) is 0 Å². The molecule has 2 nitrogen and oxygen atoms in total. The molecule has 0 aliphatic rings. The molecule has 1 aromatic rings. The molecule has 0 fully saturated rings. The van der Waals surface area contributed by atoms with Crippen molar-refractivity contribution in [1.82, 2.24) is 4.90 Å². The molecule has 88 valence electrons. The van der Waals surface area contributed by atoms with Crippen molar-refractivity contribution in [1.29, 1.82) is 0 Å². The van der Waals surface area contributed by atoms with Gasteiger partial charge in [-0.25, -0.2) is 4.39 Å². The number of hydrogen-bond acceptors (Lipinski definition) is 2. The summed E-state index contributed by atoms with van der Waals surface area (Å²) < 4.78 is 13.5. The summed E-state index contributed by atoms with van der Waals surface area (Å²) in [6, 6.07) is 4.48. The Kier molecular flexibility index (Phi) is 5.28. The molecular weight excluding hydrogens is 293 g/mol. The van der Waals surface area contributed by atoms with Crippen LogP contribution in [0.2, 0.25) is 0 Å². The predicted octanol–water partition coefficient (Wildman–Crippen LogP) is 3.02. The largest absolute Gasteiger partial charge is 0.341 e. The lowest BCUT2D eigenvalue weighted by molar-refractivity contribution is 0.0802. The Bertz CT molecular complexity index is 386. The first-order valence-electron chi connectivity index (χ1n) is 4.76. The van der Waals surface area contributed by atoms with Crippen LogP contribution in [0.5, 0.6) is 0 Å². The molecule has 1 aromatic carbocycles. The minimum Gasteiger partial charge on any atom is -0.341 e. The van der Waals surface area contributed by atoms with E-state index in [1.165, 1.54) is 12.1 Å². The lowest BCUT2D eigenvalue weighted by Gasteiger charge is -2.17. The van der Waals surface area contributed by atoms with Gasteiger partial charge in [0, 0.05) is 19.3 Å². The summed E-state index contributed by atoms with van der Waals surface area (Å²) in [5.74, 6) is 0.291. The zero-order valence-electron chi connectivity index (χ0n) is 9.17. The van der Waals surface area contributed by atoms with Crippen LogP contribution < -0.4 is 0 Å². The molecule has 0 aliphatic heterocycles. The SMILES string of the molecule is CSCCN(C)C(=O)c1cccc(F)c1Br. The van der Waals surface area contributed by atoms with Crippen molar-refractivity contribution in [2.75, 3.05) is 25.6 Å². The lowest BCUT2D eigenvalue weighted by Crippen LogP contribution is -2.29. The first-order valence-corrected chi connectivity index (χ1v) is 6.95. The van der Waals surface area contributed by atoms with Crippen molar-refractivity contribution in [2.24, 2.45) is 0 Å². The van der Waals surface area contributed by atoms with Gasteiger partial charge < -0.3 is 4.90 Å². The van der Waals surface area contributed by atoms with E-state index in [4.69, 9.17) is 0 Å². The highest BCUT2D eigenvalue weighted by molar-refractivity contribution is 9.10. The number of amides is 1. The maximum absolute atomic E-state index is 13.2. The summed E-state index contributed by atoms with van der Waals surface area (Å²) in [5.41, 5.74) is 0.364. The van der Waals surface area contributed by atoms with Gasteiger partial charge in [0.05, 0.1) is 10.0 Å². The van der Waals surface area contributed by atoms with Crippen LogP contribution in [0.3, 0.4) is 0 Å². The van der Waals surface area contributed by atoms with E-state index in [-0.39, 0.29) is 10.4 Å². The van der Waals surface area contributed by atoms with Gasteiger partial charge >= 0.3 is 0 Å². The molecule has 0 heterocycles. The van der Waals surface area contributed by atoms with Crippen LogP contribution >= 0.6 is 27.7 Å². The summed E-state index contributed by atoms with van der Waals surface area (Å²) in [6.07, 6.45) is 1.98. The summed E-state index contributed by atoms with van der Waals surface area (Å²) in [5, 5.41) is 0. The van der Waals surface area contributed by atoms with Crippen LogP contribution in [0.15, 0.2) is 22.7 Å². The fourth-order valence-electron chi connectivity index (χ4n) is 1.20. The number of halogens is 2. The maximum Gasteiger partial charge on any atom is 0.254 e. The maximum atomic E-state index is 13.2. The van der Waals surface area contributed by atoms with Crippen molar-refractivity contribution >= 4 is 33.6 Å². The van der Waals surface area contributed by atoms with Gasteiger partial charge in [-0.2, -0.15) is 11.8 Å². The molecule has 0 saturated heterocycles. The van der Waals surface area contributed by atoms with Gasteiger partial charge in [0.25, 0.3) is 5.91 Å². The second-order valence-electron chi connectivity index (χ2n) is 3.32. The molecule has 5 heteroatoms. The first kappa shape index (κ1) is 13.5. The standard InChI is InChI=1S/C11H13BrFNOS/c1-14(6-7-16-2)11(15)8-4-3-5-9(13)10(8)12/h3-5H,6-7H2,1-2H3. The van der Waals surface area contributed by atoms with E-state index < -0.39 is 5.82 Å². The number of nitrogens with zero attached hydrogens (tertiary/aromatic N) is 1. The van der Waals surface area contributed by atoms with E-state index in [9.17, 15) is 9.18 Å². The monoisotopic (exact) mass is 305 g/mol. The van der Waals surface area contributed by atoms with Crippen LogP contribution in [0.1, 0.15) is 10.4 Å². The number of benzene rings is 1. The van der Waals surface area contributed by atoms with Gasteiger partial charge in [-0.1, -0.05) is 6.07 Å². The zero-order valence-corrected chi connectivity index (χ0v) is 11.6. The fourth-order valence-corrected chi connectivity index (χ4v) is 2.09. The van der Waals surface area contributed by atoms with Gasteiger partial charge in [-0.3, -0.25) is 4.79 Å². The second kappa shape index (κ2) is 6.25. The molecule has 0 N–H and O–H groups in total. The third-order valence-electron chi connectivity index (χ3n) is 2.16. The molecule has 16 heavy (non-hydrogen) atoms. The highest BCUT2D eigenvalue weighted by atomic mass is 79.9. The second-order valence-corrected chi connectivity index (χ2v) is 5.10. The summed E-state index contributed by atoms with van der Waals surface area (Å²) in [6.45, 7) is 0.656. The minimum absolute atomic E-state index is 0.166. The van der Waals surface area contributed by atoms with Gasteiger partial charge in [-0.05, 0) is 34.3 Å². The average molecular weight is 306 g/mol. The quantitative estimate of drug-likeness (QED) is 0.852. The van der Waals surface area contributed by atoms with Crippen molar-refractivity contribution in [3.05, 3.63) is 34.1 Å². The first-order chi connectivity index (χ1) is 7.57. The van der Waals surface area contributed by atoms with Crippen molar-refractivity contribution < 1.29 is 9.18 Å². The Morgan fingerprint density at radius 1 is 1.56 bits per heavy atom. The molecular formula is C11H13BrFNOS. The molecule has 0 unspecified atom stereocenters. The summed E-state index contributed by atoms with van der Waals surface area (Å²) >= 11 is 4.76. The molecule has 0 aromatic heterocycles. The molecule has 0 bridgehead atoms. The molecule has 0 saturated carbocycles. The van der Waals surface area contributed by atoms with Crippen LogP contribution in [0.25, 0.3) is 0 Å². The van der Waals surface area contributed by atoms with E-state index in [0.29, 0.717) is 12.1 Å². The molecule has 1 amide bonds. The number of rotatable bonds is 4. The van der Waals surface area contributed by atoms with E-state index in [1.807, 2.05) is 6.26 Å². The Hall–Kier alpha value is -0.550. The molecule has 1 rings (SSSR count). The minimum atomic E-state index is -0.413. The normalized spacial score (nSPS) is 10.2. The van der Waals surface area contributed by atoms with E-state index in [0.717, 1.165) is 5.75 Å². The molecule has 0 aliphatic carbocycles. The van der Waals surface area contributed by atoms with Crippen LogP contribution in [0, 0.1) is 5.82 Å². The average Bonchev–Trinajstić information content (AvgIpc) is 2.28. The molecule has 0 radical (unpaired) electrons. The predicted molar refractivity (Wildman–Crippen MR) is 69.4 cm³/mol. The van der Waals surface area contributed by atoms with Crippen LogP contribution in [0.4, 0.5) is 4.39 Å². The number of hydrogen-bond donors (Lipinski definition) is 0. The Balaban J connectivity index is 2.84. The van der Waals surface area contributed by atoms with Crippen molar-refractivity contribution in [2.45, 2.75) is 0 Å². The van der Waals surface area contributed by atoms with Gasteiger partial charge in [0.1, 0.15) is 5.82 Å². The van der Waals surface area contributed by atoms with E-state index in [1.54, 1.807) is 29.8 Å². The summed E-state index contributed by atoms with van der Waals surface area (Å²) in [7, 11) is 1.72. The zero-order chi connectivity index (χ0) is 12.1. The third-order valence-corrected chi connectivity index (χ3v) is 3.56. The van der Waals surface area contributed by atoms with Crippen molar-refractivity contribution in [3.8, 4) is 0 Å². The molecule has 0 spiro atoms.